The first-order chi connectivity index (χ1) is 32.2. The number of hydrogen-bond acceptors (Lipinski definition) is 1. The summed E-state index contributed by atoms with van der Waals surface area (Å²) < 4.78 is 7.66. The zero-order chi connectivity index (χ0) is 42.3. The molecule has 3 heterocycles. The van der Waals surface area contributed by atoms with E-state index in [1.165, 1.54) is 135 Å². The third-order valence-electron chi connectivity index (χ3n) is 14.2. The van der Waals surface area contributed by atoms with Crippen LogP contribution in [-0.2, 0) is 0 Å². The molecular weight excluding hydrogens is 805 g/mol. The van der Waals surface area contributed by atoms with Crippen LogP contribution in [0.3, 0.4) is 0 Å². The lowest BCUT2D eigenvalue weighted by atomic mass is 9.91. The number of thiophene rings is 1. The van der Waals surface area contributed by atoms with Gasteiger partial charge < -0.3 is 9.13 Å². The van der Waals surface area contributed by atoms with Gasteiger partial charge >= 0.3 is 0 Å². The van der Waals surface area contributed by atoms with Crippen LogP contribution < -0.4 is 0 Å². The molecule has 65 heavy (non-hydrogen) atoms. The van der Waals surface area contributed by atoms with Crippen molar-refractivity contribution in [1.29, 1.82) is 0 Å². The second-order valence-corrected chi connectivity index (χ2v) is 18.7. The molecule has 0 unspecified atom stereocenters. The first kappa shape index (κ1) is 35.2. The lowest BCUT2D eigenvalue weighted by Gasteiger charge is -2.17. The molecule has 0 N–H and O–H groups in total. The second kappa shape index (κ2) is 13.2. The largest absolute Gasteiger partial charge is 0.309 e. The highest BCUT2D eigenvalue weighted by atomic mass is 32.1. The normalized spacial score (nSPS) is 12.3. The summed E-state index contributed by atoms with van der Waals surface area (Å²) in [5.74, 6) is 0. The predicted octanol–water partition coefficient (Wildman–Crippen LogP) is 17.6. The van der Waals surface area contributed by atoms with Crippen molar-refractivity contribution in [2.24, 2.45) is 0 Å². The Labute approximate surface area is 377 Å². The third kappa shape index (κ3) is 4.93. The van der Waals surface area contributed by atoms with Crippen LogP contribution >= 0.6 is 11.3 Å². The quantitative estimate of drug-likeness (QED) is 0.156. The van der Waals surface area contributed by atoms with Gasteiger partial charge in [0.2, 0.25) is 0 Å². The first-order valence-corrected chi connectivity index (χ1v) is 23.2. The van der Waals surface area contributed by atoms with E-state index in [2.05, 4.69) is 228 Å². The average molecular weight is 841 g/mol. The fourth-order valence-corrected chi connectivity index (χ4v) is 12.6. The van der Waals surface area contributed by atoms with Gasteiger partial charge in [0.05, 0.1) is 27.8 Å². The highest BCUT2D eigenvalue weighted by molar-refractivity contribution is 7.26. The van der Waals surface area contributed by atoms with E-state index in [9.17, 15) is 0 Å². The summed E-state index contributed by atoms with van der Waals surface area (Å²) in [5.41, 5.74) is 12.1. The molecule has 2 nitrogen and oxygen atoms in total. The van der Waals surface area contributed by atoms with Crippen LogP contribution in [0.15, 0.2) is 218 Å². The van der Waals surface area contributed by atoms with Crippen LogP contribution in [0.5, 0.6) is 0 Å². The van der Waals surface area contributed by atoms with E-state index in [0.29, 0.717) is 0 Å². The number of fused-ring (bicyclic) bond motifs is 11. The van der Waals surface area contributed by atoms with Crippen LogP contribution in [-0.4, -0.2) is 9.13 Å². The van der Waals surface area contributed by atoms with E-state index in [-0.39, 0.29) is 0 Å². The van der Waals surface area contributed by atoms with Crippen molar-refractivity contribution >= 4 is 118 Å². The van der Waals surface area contributed by atoms with Crippen LogP contribution in [0.25, 0.3) is 141 Å². The van der Waals surface area contributed by atoms with Crippen molar-refractivity contribution in [3.8, 4) is 33.6 Å². The van der Waals surface area contributed by atoms with E-state index in [0.717, 1.165) is 5.69 Å². The molecule has 0 spiro atoms. The summed E-state index contributed by atoms with van der Waals surface area (Å²) in [5, 5.41) is 18.1. The topological polar surface area (TPSA) is 9.86 Å². The molecule has 0 aliphatic carbocycles. The fourth-order valence-electron chi connectivity index (χ4n) is 11.4. The van der Waals surface area contributed by atoms with E-state index < -0.39 is 0 Å². The number of aromatic nitrogens is 2. The molecule has 3 aromatic heterocycles. The van der Waals surface area contributed by atoms with Gasteiger partial charge in [-0.2, -0.15) is 0 Å². The van der Waals surface area contributed by atoms with Crippen molar-refractivity contribution in [3.05, 3.63) is 218 Å². The number of hydrogen-bond donors (Lipinski definition) is 0. The molecule has 3 heteroatoms. The molecule has 0 fully saturated rings. The van der Waals surface area contributed by atoms with Crippen LogP contribution in [0.2, 0.25) is 0 Å². The number of benzene rings is 12. The third-order valence-corrected chi connectivity index (χ3v) is 15.4. The molecule has 0 amide bonds. The standard InChI is InChI=1S/C62H36N2S/c1-2-15-43(16-3-1)63-55-30-26-39(33-52(55)47-28-25-41(35-57(47)63)45-20-10-13-37-12-4-5-17-44(37)45)40-27-31-56-51(32-40)46-18-6-8-22-54(46)64(56)58-36-42-34-53-48-19-7-9-23-59(48)65-62(53)50-29-24-38-14-11-21-49(58)60(38)61(42)50/h1-36H. The summed E-state index contributed by atoms with van der Waals surface area (Å²) in [6.07, 6.45) is 0. The smallest absolute Gasteiger partial charge is 0.0547 e. The molecule has 0 radical (unpaired) electrons. The highest BCUT2D eigenvalue weighted by Gasteiger charge is 2.21. The molecule has 300 valence electrons. The average Bonchev–Trinajstić information content (AvgIpc) is 4.02. The molecule has 12 aromatic carbocycles. The maximum Gasteiger partial charge on any atom is 0.0547 e. The van der Waals surface area contributed by atoms with Gasteiger partial charge in [-0.25, -0.2) is 0 Å². The summed E-state index contributed by atoms with van der Waals surface area (Å²) >= 11 is 1.91. The Kier molecular flexibility index (Phi) is 7.13. The predicted molar refractivity (Wildman–Crippen MR) is 280 cm³/mol. The van der Waals surface area contributed by atoms with Crippen molar-refractivity contribution in [1.82, 2.24) is 9.13 Å². The van der Waals surface area contributed by atoms with Crippen LogP contribution in [0.4, 0.5) is 0 Å². The molecule has 0 saturated heterocycles. The molecule has 0 atom stereocenters. The lowest BCUT2D eigenvalue weighted by Crippen LogP contribution is -1.97. The van der Waals surface area contributed by atoms with E-state index in [1.54, 1.807) is 0 Å². The van der Waals surface area contributed by atoms with Gasteiger partial charge in [-0.3, -0.25) is 0 Å². The lowest BCUT2D eigenvalue weighted by molar-refractivity contribution is 1.18. The Morgan fingerprint density at radius 2 is 0.908 bits per heavy atom. The highest BCUT2D eigenvalue weighted by Crippen LogP contribution is 2.47. The maximum atomic E-state index is 2.52. The van der Waals surface area contributed by atoms with Crippen LogP contribution in [0, 0.1) is 0 Å². The summed E-state index contributed by atoms with van der Waals surface area (Å²) in [6.45, 7) is 0. The minimum absolute atomic E-state index is 1.16. The molecule has 0 bridgehead atoms. The minimum Gasteiger partial charge on any atom is -0.309 e. The number of rotatable bonds is 4. The summed E-state index contributed by atoms with van der Waals surface area (Å²) in [7, 11) is 0. The first-order valence-electron chi connectivity index (χ1n) is 22.4. The number of para-hydroxylation sites is 2. The Hall–Kier alpha value is -8.24. The second-order valence-electron chi connectivity index (χ2n) is 17.6. The van der Waals surface area contributed by atoms with Gasteiger partial charge in [0.25, 0.3) is 0 Å². The van der Waals surface area contributed by atoms with Crippen molar-refractivity contribution in [2.75, 3.05) is 0 Å². The molecular formula is C62H36N2S. The molecule has 0 aliphatic rings. The molecule has 15 aromatic rings. The fraction of sp³-hybridized carbons (Fsp3) is 0. The zero-order valence-electron chi connectivity index (χ0n) is 35.1. The van der Waals surface area contributed by atoms with Gasteiger partial charge in [-0.05, 0) is 121 Å². The summed E-state index contributed by atoms with van der Waals surface area (Å²) in [4.78, 5) is 0. The zero-order valence-corrected chi connectivity index (χ0v) is 35.9. The van der Waals surface area contributed by atoms with E-state index >= 15 is 0 Å². The van der Waals surface area contributed by atoms with E-state index in [4.69, 9.17) is 0 Å². The Bertz CT molecular complexity index is 4460. The monoisotopic (exact) mass is 840 g/mol. The van der Waals surface area contributed by atoms with Gasteiger partial charge in [0.15, 0.2) is 0 Å². The van der Waals surface area contributed by atoms with Gasteiger partial charge in [-0.15, -0.1) is 11.3 Å². The van der Waals surface area contributed by atoms with E-state index in [1.807, 2.05) is 11.3 Å². The van der Waals surface area contributed by atoms with Gasteiger partial charge in [-0.1, -0.05) is 152 Å². The Balaban J connectivity index is 0.941. The number of nitrogens with zero attached hydrogens (tertiary/aromatic N) is 2. The Morgan fingerprint density at radius 3 is 1.77 bits per heavy atom. The molecule has 0 aliphatic heterocycles. The maximum absolute atomic E-state index is 2.52. The van der Waals surface area contributed by atoms with Crippen molar-refractivity contribution < 1.29 is 0 Å². The van der Waals surface area contributed by atoms with Gasteiger partial charge in [0, 0.05) is 58.2 Å². The van der Waals surface area contributed by atoms with Crippen LogP contribution in [0.1, 0.15) is 0 Å². The van der Waals surface area contributed by atoms with Crippen molar-refractivity contribution in [3.63, 3.8) is 0 Å². The summed E-state index contributed by atoms with van der Waals surface area (Å²) in [6, 6.07) is 81.5. The Morgan fingerprint density at radius 1 is 0.292 bits per heavy atom. The minimum atomic E-state index is 1.16. The SMILES string of the molecule is c1ccc(-n2c3ccc(-c4ccc5c(c4)c4ccccc4n5-c4cc5cc6c7ccccc7sc6c6ccc7cccc4c7c56)cc3c3ccc(-c4cccc5ccccc45)cc32)cc1. The molecule has 0 saturated carbocycles. The van der Waals surface area contributed by atoms with Crippen molar-refractivity contribution in [2.45, 2.75) is 0 Å². The van der Waals surface area contributed by atoms with Gasteiger partial charge in [0.1, 0.15) is 0 Å². The molecule has 15 rings (SSSR count).